The van der Waals surface area contributed by atoms with Crippen molar-refractivity contribution in [1.82, 2.24) is 15.2 Å². The zero-order valence-electron chi connectivity index (χ0n) is 11.2. The zero-order valence-corrected chi connectivity index (χ0v) is 11.2. The summed E-state index contributed by atoms with van der Waals surface area (Å²) in [5, 5.41) is 3.33. The van der Waals surface area contributed by atoms with Crippen molar-refractivity contribution < 1.29 is 4.79 Å². The highest BCUT2D eigenvalue weighted by molar-refractivity contribution is 5.77. The number of carbonyl (C=O) groups is 1. The first-order chi connectivity index (χ1) is 9.33. The summed E-state index contributed by atoms with van der Waals surface area (Å²) in [7, 11) is 0. The van der Waals surface area contributed by atoms with Crippen molar-refractivity contribution >= 4 is 5.91 Å². The van der Waals surface area contributed by atoms with Gasteiger partial charge < -0.3 is 10.2 Å². The Balaban J connectivity index is 1.61. The number of pyridine rings is 1. The second-order valence-corrected chi connectivity index (χ2v) is 5.64. The average molecular weight is 259 g/mol. The fourth-order valence-corrected chi connectivity index (χ4v) is 2.73. The Morgan fingerprint density at radius 2 is 2.26 bits per heavy atom. The first kappa shape index (κ1) is 12.6. The normalized spacial score (nSPS) is 22.4. The predicted octanol–water partition coefficient (Wildman–Crippen LogP) is 1.57. The molecule has 1 aromatic heterocycles. The maximum atomic E-state index is 12.5. The molecule has 0 spiro atoms. The minimum Gasteiger partial charge on any atom is -0.334 e. The Labute approximate surface area is 114 Å². The molecule has 0 radical (unpaired) electrons. The van der Waals surface area contributed by atoms with Crippen LogP contribution in [0.1, 0.15) is 31.4 Å². The Bertz CT molecular complexity index is 424. The lowest BCUT2D eigenvalue weighted by molar-refractivity contribution is -0.133. The van der Waals surface area contributed by atoms with Gasteiger partial charge in [0.2, 0.25) is 5.91 Å². The molecule has 1 atom stereocenters. The number of hydrogen-bond donors (Lipinski definition) is 1. The van der Waals surface area contributed by atoms with E-state index in [9.17, 15) is 4.79 Å². The van der Waals surface area contributed by atoms with E-state index >= 15 is 0 Å². The molecule has 102 valence electrons. The second-order valence-electron chi connectivity index (χ2n) is 5.64. The molecule has 2 fully saturated rings. The molecule has 2 aliphatic rings. The van der Waals surface area contributed by atoms with E-state index in [1.54, 1.807) is 6.20 Å². The van der Waals surface area contributed by atoms with Crippen molar-refractivity contribution in [3.05, 3.63) is 30.1 Å². The van der Waals surface area contributed by atoms with Crippen LogP contribution < -0.4 is 5.32 Å². The summed E-state index contributed by atoms with van der Waals surface area (Å²) < 4.78 is 0. The lowest BCUT2D eigenvalue weighted by Crippen LogP contribution is -2.34. The number of nitrogens with zero attached hydrogens (tertiary/aromatic N) is 2. The van der Waals surface area contributed by atoms with Crippen molar-refractivity contribution in [2.45, 2.75) is 38.3 Å². The highest BCUT2D eigenvalue weighted by Crippen LogP contribution is 2.29. The number of nitrogens with one attached hydrogen (secondary N) is 1. The van der Waals surface area contributed by atoms with E-state index in [1.807, 2.05) is 23.1 Å². The number of carbonyl (C=O) groups excluding carboxylic acids is 1. The minimum atomic E-state index is 0.307. The van der Waals surface area contributed by atoms with Crippen LogP contribution in [0.3, 0.4) is 0 Å². The van der Waals surface area contributed by atoms with Crippen LogP contribution in [0.4, 0.5) is 0 Å². The van der Waals surface area contributed by atoms with Crippen LogP contribution in [-0.2, 0) is 11.3 Å². The van der Waals surface area contributed by atoms with Crippen LogP contribution in [-0.4, -0.2) is 34.9 Å². The maximum Gasteiger partial charge on any atom is 0.223 e. The lowest BCUT2D eigenvalue weighted by Gasteiger charge is -2.23. The molecular weight excluding hydrogens is 238 g/mol. The molecule has 3 rings (SSSR count). The van der Waals surface area contributed by atoms with Crippen LogP contribution in [0.15, 0.2) is 24.4 Å². The van der Waals surface area contributed by atoms with Gasteiger partial charge in [0.15, 0.2) is 0 Å². The summed E-state index contributed by atoms with van der Waals surface area (Å²) in [4.78, 5) is 18.8. The summed E-state index contributed by atoms with van der Waals surface area (Å²) in [6, 6.07) is 6.36. The standard InChI is InChI=1S/C15H21N3O/c19-15(9-12-6-8-16-10-12)18(14-4-5-14)11-13-3-1-2-7-17-13/h1-3,7,12,14,16H,4-6,8-11H2. The van der Waals surface area contributed by atoms with Crippen molar-refractivity contribution in [2.24, 2.45) is 5.92 Å². The fraction of sp³-hybridized carbons (Fsp3) is 0.600. The highest BCUT2D eigenvalue weighted by Gasteiger charge is 2.33. The van der Waals surface area contributed by atoms with E-state index < -0.39 is 0 Å². The Morgan fingerprint density at radius 3 is 2.89 bits per heavy atom. The van der Waals surface area contributed by atoms with Crippen LogP contribution in [0, 0.1) is 5.92 Å². The van der Waals surface area contributed by atoms with Crippen molar-refractivity contribution in [2.75, 3.05) is 13.1 Å². The van der Waals surface area contributed by atoms with E-state index in [2.05, 4.69) is 10.3 Å². The summed E-state index contributed by atoms with van der Waals surface area (Å²) >= 11 is 0. The van der Waals surface area contributed by atoms with Gasteiger partial charge in [0.1, 0.15) is 0 Å². The SMILES string of the molecule is O=C(CC1CCNC1)N(Cc1ccccn1)C1CC1. The second kappa shape index (κ2) is 5.70. The van der Waals surface area contributed by atoms with Crippen LogP contribution >= 0.6 is 0 Å². The Morgan fingerprint density at radius 1 is 1.37 bits per heavy atom. The first-order valence-corrected chi connectivity index (χ1v) is 7.23. The van der Waals surface area contributed by atoms with Crippen LogP contribution in [0.25, 0.3) is 0 Å². The molecule has 1 aliphatic heterocycles. The van der Waals surface area contributed by atoms with E-state index in [0.29, 0.717) is 30.8 Å². The molecule has 1 aromatic rings. The summed E-state index contributed by atoms with van der Waals surface area (Å²) in [6.07, 6.45) is 5.93. The molecule has 0 aromatic carbocycles. The molecule has 4 nitrogen and oxygen atoms in total. The third-order valence-corrected chi connectivity index (χ3v) is 3.99. The number of hydrogen-bond acceptors (Lipinski definition) is 3. The number of rotatable bonds is 5. The predicted molar refractivity (Wildman–Crippen MR) is 73.4 cm³/mol. The molecular formula is C15H21N3O. The summed E-state index contributed by atoms with van der Waals surface area (Å²) in [5.74, 6) is 0.833. The molecule has 1 saturated carbocycles. The molecule has 4 heteroatoms. The van der Waals surface area contributed by atoms with Gasteiger partial charge in [-0.3, -0.25) is 9.78 Å². The van der Waals surface area contributed by atoms with Gasteiger partial charge in [0, 0.05) is 18.7 Å². The zero-order chi connectivity index (χ0) is 13.1. The quantitative estimate of drug-likeness (QED) is 0.873. The number of amides is 1. The fourth-order valence-electron chi connectivity index (χ4n) is 2.73. The van der Waals surface area contributed by atoms with Gasteiger partial charge in [-0.25, -0.2) is 0 Å². The smallest absolute Gasteiger partial charge is 0.223 e. The molecule has 0 bridgehead atoms. The van der Waals surface area contributed by atoms with Crippen molar-refractivity contribution in [1.29, 1.82) is 0 Å². The first-order valence-electron chi connectivity index (χ1n) is 7.23. The van der Waals surface area contributed by atoms with Gasteiger partial charge in [-0.15, -0.1) is 0 Å². The molecule has 2 heterocycles. The Hall–Kier alpha value is -1.42. The number of aromatic nitrogens is 1. The monoisotopic (exact) mass is 259 g/mol. The largest absolute Gasteiger partial charge is 0.334 e. The van der Waals surface area contributed by atoms with Crippen LogP contribution in [0.2, 0.25) is 0 Å². The van der Waals surface area contributed by atoms with E-state index in [0.717, 1.165) is 38.0 Å². The third-order valence-electron chi connectivity index (χ3n) is 3.99. The molecule has 1 N–H and O–H groups in total. The maximum absolute atomic E-state index is 12.5. The third kappa shape index (κ3) is 3.32. The highest BCUT2D eigenvalue weighted by atomic mass is 16.2. The summed E-state index contributed by atoms with van der Waals surface area (Å²) in [6.45, 7) is 2.72. The van der Waals surface area contributed by atoms with E-state index in [-0.39, 0.29) is 0 Å². The van der Waals surface area contributed by atoms with Gasteiger partial charge in [0.25, 0.3) is 0 Å². The van der Waals surface area contributed by atoms with Gasteiger partial charge in [-0.1, -0.05) is 6.07 Å². The topological polar surface area (TPSA) is 45.2 Å². The van der Waals surface area contributed by atoms with Crippen LogP contribution in [0.5, 0.6) is 0 Å². The van der Waals surface area contributed by atoms with Gasteiger partial charge in [-0.05, 0) is 50.4 Å². The van der Waals surface area contributed by atoms with Crippen molar-refractivity contribution in [3.63, 3.8) is 0 Å². The van der Waals surface area contributed by atoms with E-state index in [4.69, 9.17) is 0 Å². The van der Waals surface area contributed by atoms with Gasteiger partial charge in [-0.2, -0.15) is 0 Å². The average Bonchev–Trinajstić information content (AvgIpc) is 3.15. The molecule has 1 saturated heterocycles. The molecule has 19 heavy (non-hydrogen) atoms. The molecule has 1 amide bonds. The van der Waals surface area contributed by atoms with Crippen molar-refractivity contribution in [3.8, 4) is 0 Å². The Kier molecular flexibility index (Phi) is 3.78. The van der Waals surface area contributed by atoms with Gasteiger partial charge >= 0.3 is 0 Å². The molecule has 1 aliphatic carbocycles. The summed E-state index contributed by atoms with van der Waals surface area (Å²) in [5.41, 5.74) is 0.993. The minimum absolute atomic E-state index is 0.307. The van der Waals surface area contributed by atoms with E-state index in [1.165, 1.54) is 0 Å². The molecule has 1 unspecified atom stereocenters. The van der Waals surface area contributed by atoms with Gasteiger partial charge in [0.05, 0.1) is 12.2 Å². The lowest BCUT2D eigenvalue weighted by atomic mass is 10.0.